The van der Waals surface area contributed by atoms with Crippen molar-refractivity contribution < 1.29 is 13.9 Å². The Hall–Kier alpha value is -1.81. The molecule has 0 saturated heterocycles. The highest BCUT2D eigenvalue weighted by molar-refractivity contribution is 5.96. The van der Waals surface area contributed by atoms with Crippen LogP contribution in [-0.4, -0.2) is 24.0 Å². The van der Waals surface area contributed by atoms with Crippen LogP contribution >= 0.6 is 0 Å². The molecule has 3 rings (SSSR count). The predicted octanol–water partition coefficient (Wildman–Crippen LogP) is 3.54. The molecule has 0 aliphatic heterocycles. The van der Waals surface area contributed by atoms with Crippen LogP contribution in [0.2, 0.25) is 0 Å². The van der Waals surface area contributed by atoms with Crippen LogP contribution in [0.4, 0.5) is 0 Å². The average molecular weight is 287 g/mol. The molecule has 0 bridgehead atoms. The van der Waals surface area contributed by atoms with E-state index < -0.39 is 0 Å². The summed E-state index contributed by atoms with van der Waals surface area (Å²) in [5, 5.41) is 4.44. The van der Waals surface area contributed by atoms with Gasteiger partial charge in [-0.1, -0.05) is 13.8 Å². The van der Waals surface area contributed by atoms with E-state index in [4.69, 9.17) is 9.15 Å². The summed E-state index contributed by atoms with van der Waals surface area (Å²) in [6, 6.07) is 8.58. The van der Waals surface area contributed by atoms with Gasteiger partial charge in [0.25, 0.3) is 0 Å². The molecule has 1 fully saturated rings. The average Bonchev–Trinajstić information content (AvgIpc) is 2.79. The number of ketones is 1. The molecule has 1 aliphatic carbocycles. The van der Waals surface area contributed by atoms with Gasteiger partial charge in [-0.25, -0.2) is 0 Å². The number of ether oxygens (including phenoxy) is 1. The Labute approximate surface area is 124 Å². The third-order valence-electron chi connectivity index (χ3n) is 3.81. The van der Waals surface area contributed by atoms with Crippen molar-refractivity contribution in [1.29, 1.82) is 0 Å². The van der Waals surface area contributed by atoms with E-state index in [1.807, 2.05) is 18.2 Å². The summed E-state index contributed by atoms with van der Waals surface area (Å²) in [4.78, 5) is 11.3. The smallest absolute Gasteiger partial charge is 0.194 e. The lowest BCUT2D eigenvalue weighted by Gasteiger charge is -2.37. The van der Waals surface area contributed by atoms with Crippen LogP contribution in [-0.2, 0) is 0 Å². The van der Waals surface area contributed by atoms with E-state index >= 15 is 0 Å². The predicted molar refractivity (Wildman–Crippen MR) is 81.9 cm³/mol. The van der Waals surface area contributed by atoms with Crippen molar-refractivity contribution in [3.63, 3.8) is 0 Å². The van der Waals surface area contributed by atoms with Gasteiger partial charge < -0.3 is 14.5 Å². The molecule has 1 heterocycles. The van der Waals surface area contributed by atoms with Gasteiger partial charge in [-0.15, -0.1) is 0 Å². The van der Waals surface area contributed by atoms with E-state index in [0.717, 1.165) is 24.0 Å². The van der Waals surface area contributed by atoms with E-state index in [1.165, 1.54) is 6.92 Å². The lowest BCUT2D eigenvalue weighted by Crippen LogP contribution is -2.49. The van der Waals surface area contributed by atoms with Crippen molar-refractivity contribution in [3.8, 4) is 5.75 Å². The monoisotopic (exact) mass is 287 g/mol. The molecular formula is C17H21NO3. The van der Waals surface area contributed by atoms with Gasteiger partial charge in [0.1, 0.15) is 17.4 Å². The van der Waals surface area contributed by atoms with Crippen molar-refractivity contribution in [1.82, 2.24) is 5.32 Å². The van der Waals surface area contributed by atoms with E-state index in [9.17, 15) is 4.79 Å². The second kappa shape index (κ2) is 5.53. The first-order valence-corrected chi connectivity index (χ1v) is 7.48. The van der Waals surface area contributed by atoms with E-state index in [-0.39, 0.29) is 11.9 Å². The minimum absolute atomic E-state index is 0.0599. The van der Waals surface area contributed by atoms with Gasteiger partial charge in [0, 0.05) is 30.5 Å². The molecule has 0 unspecified atom stereocenters. The van der Waals surface area contributed by atoms with Gasteiger partial charge in [0.05, 0.1) is 0 Å². The number of hydrogen-bond donors (Lipinski definition) is 1. The summed E-state index contributed by atoms with van der Waals surface area (Å²) in [5.41, 5.74) is 0.703. The summed E-state index contributed by atoms with van der Waals surface area (Å²) in [6.07, 6.45) is 2.33. The first-order valence-electron chi connectivity index (χ1n) is 7.48. The zero-order valence-corrected chi connectivity index (χ0v) is 12.7. The SMILES string of the molecule is CC(=O)c1cc2ccc(O[C@H]3C[C@@H](NC(C)C)C3)cc2o1. The van der Waals surface area contributed by atoms with E-state index in [2.05, 4.69) is 19.2 Å². The van der Waals surface area contributed by atoms with Crippen LogP contribution in [0.3, 0.4) is 0 Å². The fraction of sp³-hybridized carbons (Fsp3) is 0.471. The van der Waals surface area contributed by atoms with Crippen molar-refractivity contribution in [2.75, 3.05) is 0 Å². The molecule has 1 saturated carbocycles. The number of carbonyl (C=O) groups excluding carboxylic acids is 1. The van der Waals surface area contributed by atoms with E-state index in [1.54, 1.807) is 6.07 Å². The van der Waals surface area contributed by atoms with Crippen molar-refractivity contribution in [2.24, 2.45) is 0 Å². The molecule has 0 radical (unpaired) electrons. The van der Waals surface area contributed by atoms with Crippen LogP contribution in [0.5, 0.6) is 5.75 Å². The largest absolute Gasteiger partial charge is 0.490 e. The number of furan rings is 1. The molecule has 4 heteroatoms. The maximum absolute atomic E-state index is 11.3. The Balaban J connectivity index is 1.64. The number of carbonyl (C=O) groups is 1. The number of hydrogen-bond acceptors (Lipinski definition) is 4. The molecule has 1 aromatic heterocycles. The molecule has 21 heavy (non-hydrogen) atoms. The maximum atomic E-state index is 11.3. The summed E-state index contributed by atoms with van der Waals surface area (Å²) < 4.78 is 11.5. The number of Topliss-reactive ketones (excluding diaryl/α,β-unsaturated/α-hetero) is 1. The molecule has 1 aromatic carbocycles. The fourth-order valence-corrected chi connectivity index (χ4v) is 2.72. The molecule has 2 aromatic rings. The Morgan fingerprint density at radius 1 is 1.33 bits per heavy atom. The number of benzene rings is 1. The van der Waals surface area contributed by atoms with Gasteiger partial charge in [0.2, 0.25) is 0 Å². The van der Waals surface area contributed by atoms with Crippen molar-refractivity contribution in [2.45, 2.75) is 51.8 Å². The summed E-state index contributed by atoms with van der Waals surface area (Å²) in [6.45, 7) is 5.82. The van der Waals surface area contributed by atoms with Crippen LogP contribution in [0.15, 0.2) is 28.7 Å². The van der Waals surface area contributed by atoms with Gasteiger partial charge in [-0.2, -0.15) is 0 Å². The van der Waals surface area contributed by atoms with Crippen LogP contribution in [0.1, 0.15) is 44.2 Å². The fourth-order valence-electron chi connectivity index (χ4n) is 2.72. The first-order chi connectivity index (χ1) is 10.0. The number of nitrogens with one attached hydrogen (secondary N) is 1. The highest BCUT2D eigenvalue weighted by Gasteiger charge is 2.31. The molecule has 0 atom stereocenters. The Morgan fingerprint density at radius 3 is 2.76 bits per heavy atom. The van der Waals surface area contributed by atoms with Crippen LogP contribution in [0.25, 0.3) is 11.0 Å². The molecule has 4 nitrogen and oxygen atoms in total. The number of rotatable bonds is 5. The molecule has 112 valence electrons. The quantitative estimate of drug-likeness (QED) is 0.855. The Bertz CT molecular complexity index is 653. The zero-order valence-electron chi connectivity index (χ0n) is 12.7. The van der Waals surface area contributed by atoms with Crippen molar-refractivity contribution in [3.05, 3.63) is 30.0 Å². The Kier molecular flexibility index (Phi) is 3.72. The third-order valence-corrected chi connectivity index (χ3v) is 3.81. The first kappa shape index (κ1) is 14.1. The van der Waals surface area contributed by atoms with Gasteiger partial charge in [-0.3, -0.25) is 4.79 Å². The second-order valence-electron chi connectivity index (χ2n) is 6.10. The minimum atomic E-state index is -0.0599. The third kappa shape index (κ3) is 3.10. The lowest BCUT2D eigenvalue weighted by atomic mass is 9.88. The minimum Gasteiger partial charge on any atom is -0.490 e. The topological polar surface area (TPSA) is 51.5 Å². The van der Waals surface area contributed by atoms with Crippen molar-refractivity contribution >= 4 is 16.8 Å². The van der Waals surface area contributed by atoms with Gasteiger partial charge >= 0.3 is 0 Å². The molecular weight excluding hydrogens is 266 g/mol. The lowest BCUT2D eigenvalue weighted by molar-refractivity contribution is 0.0815. The van der Waals surface area contributed by atoms with Gasteiger partial charge in [0.15, 0.2) is 11.5 Å². The molecule has 0 amide bonds. The standard InChI is InChI=1S/C17H21NO3/c1-10(2)18-13-7-15(8-13)20-14-5-4-12-6-16(11(3)19)21-17(12)9-14/h4-6,9-10,13,15,18H,7-8H2,1-3H3/t13-,15+. The molecule has 1 N–H and O–H groups in total. The van der Waals surface area contributed by atoms with E-state index in [0.29, 0.717) is 23.4 Å². The normalized spacial score (nSPS) is 21.5. The summed E-state index contributed by atoms with van der Waals surface area (Å²) >= 11 is 0. The zero-order chi connectivity index (χ0) is 15.0. The summed E-state index contributed by atoms with van der Waals surface area (Å²) in [5.74, 6) is 1.14. The summed E-state index contributed by atoms with van der Waals surface area (Å²) in [7, 11) is 0. The highest BCUT2D eigenvalue weighted by Crippen LogP contribution is 2.29. The van der Waals surface area contributed by atoms with Crippen LogP contribution in [0, 0.1) is 0 Å². The van der Waals surface area contributed by atoms with Gasteiger partial charge in [-0.05, 0) is 31.0 Å². The second-order valence-corrected chi connectivity index (χ2v) is 6.10. The maximum Gasteiger partial charge on any atom is 0.194 e. The highest BCUT2D eigenvalue weighted by atomic mass is 16.5. The Morgan fingerprint density at radius 2 is 2.10 bits per heavy atom. The number of fused-ring (bicyclic) bond motifs is 1. The molecule has 0 spiro atoms. The van der Waals surface area contributed by atoms with Crippen LogP contribution < -0.4 is 10.1 Å². The molecule has 1 aliphatic rings.